The molecule has 2 fully saturated rings. The van der Waals surface area contributed by atoms with Gasteiger partial charge >= 0.3 is 0 Å². The van der Waals surface area contributed by atoms with Crippen LogP contribution in [0.4, 0.5) is 0 Å². The Balaban J connectivity index is 1.30. The molecule has 1 saturated carbocycles. The number of methoxy groups -OCH3 is 1. The van der Waals surface area contributed by atoms with E-state index in [4.69, 9.17) is 9.47 Å². The standard InChI is InChI=1S/C25H23BrN2O4/c1-31-21-12-16(4-11-20(21)32-14-15-2-9-19(26)10-3-15)13-27-28-24(29)22-17-5-6-18(8-7-17)23(22)25(28)30/h2-6,9-13,17-18,22-23H,7-8,14H2,1H3/b27-13-/t17-,18-,22-,23-/m0/s1. The van der Waals surface area contributed by atoms with E-state index in [1.165, 1.54) is 6.21 Å². The third kappa shape index (κ3) is 3.75. The molecule has 1 saturated heterocycles. The lowest BCUT2D eigenvalue weighted by atomic mass is 9.63. The number of imide groups is 1. The Kier molecular flexibility index (Phi) is 5.59. The van der Waals surface area contributed by atoms with Crippen LogP contribution in [-0.4, -0.2) is 30.1 Å². The van der Waals surface area contributed by atoms with Crippen LogP contribution >= 0.6 is 15.9 Å². The highest BCUT2D eigenvalue weighted by Crippen LogP contribution is 2.49. The van der Waals surface area contributed by atoms with Gasteiger partial charge in [-0.15, -0.1) is 0 Å². The first kappa shape index (κ1) is 20.9. The second-order valence-electron chi connectivity index (χ2n) is 8.40. The smallest absolute Gasteiger partial charge is 0.254 e. The number of allylic oxidation sites excluding steroid dienone is 2. The van der Waals surface area contributed by atoms with Crippen molar-refractivity contribution in [2.45, 2.75) is 19.4 Å². The van der Waals surface area contributed by atoms with Crippen LogP contribution in [0, 0.1) is 23.7 Å². The van der Waals surface area contributed by atoms with E-state index in [0.29, 0.717) is 18.1 Å². The molecule has 0 N–H and O–H groups in total. The number of hydrazone groups is 1. The molecular formula is C25H23BrN2O4. The molecule has 2 bridgehead atoms. The number of nitrogens with zero attached hydrogens (tertiary/aromatic N) is 2. The first-order chi connectivity index (χ1) is 15.5. The normalized spacial score (nSPS) is 26.1. The maximum Gasteiger partial charge on any atom is 0.254 e. The van der Waals surface area contributed by atoms with Crippen molar-refractivity contribution < 1.29 is 19.1 Å². The summed E-state index contributed by atoms with van der Waals surface area (Å²) >= 11 is 3.42. The summed E-state index contributed by atoms with van der Waals surface area (Å²) in [6, 6.07) is 13.3. The number of hydrogen-bond donors (Lipinski definition) is 0. The van der Waals surface area contributed by atoms with Gasteiger partial charge in [-0.05, 0) is 66.1 Å². The maximum absolute atomic E-state index is 12.9. The zero-order valence-corrected chi connectivity index (χ0v) is 19.2. The van der Waals surface area contributed by atoms with Crippen molar-refractivity contribution in [3.63, 3.8) is 0 Å². The van der Waals surface area contributed by atoms with Crippen LogP contribution in [-0.2, 0) is 16.2 Å². The highest BCUT2D eigenvalue weighted by molar-refractivity contribution is 9.10. The number of hydrogen-bond acceptors (Lipinski definition) is 5. The Labute approximate surface area is 195 Å². The van der Waals surface area contributed by atoms with E-state index in [2.05, 4.69) is 33.2 Å². The van der Waals surface area contributed by atoms with Gasteiger partial charge in [-0.3, -0.25) is 9.59 Å². The third-order valence-corrected chi connectivity index (χ3v) is 7.08. The van der Waals surface area contributed by atoms with Crippen LogP contribution in [0.15, 0.2) is 64.2 Å². The van der Waals surface area contributed by atoms with Gasteiger partial charge in [0.15, 0.2) is 11.5 Å². The summed E-state index contributed by atoms with van der Waals surface area (Å²) < 4.78 is 12.4. The second-order valence-corrected chi connectivity index (χ2v) is 9.32. The number of rotatable bonds is 6. The molecule has 4 atom stereocenters. The van der Waals surface area contributed by atoms with Gasteiger partial charge in [0.1, 0.15) is 6.61 Å². The Bertz CT molecular complexity index is 1080. The van der Waals surface area contributed by atoms with E-state index in [-0.39, 0.29) is 35.5 Å². The lowest BCUT2D eigenvalue weighted by molar-refractivity contribution is -0.140. The quantitative estimate of drug-likeness (QED) is 0.335. The first-order valence-corrected chi connectivity index (χ1v) is 11.5. The van der Waals surface area contributed by atoms with Crippen molar-refractivity contribution in [3.8, 4) is 11.5 Å². The largest absolute Gasteiger partial charge is 0.493 e. The van der Waals surface area contributed by atoms with Crippen molar-refractivity contribution >= 4 is 34.0 Å². The molecule has 1 aliphatic heterocycles. The van der Waals surface area contributed by atoms with Crippen LogP contribution in [0.1, 0.15) is 24.0 Å². The van der Waals surface area contributed by atoms with E-state index in [9.17, 15) is 9.59 Å². The molecule has 2 aromatic rings. The van der Waals surface area contributed by atoms with E-state index in [0.717, 1.165) is 33.5 Å². The van der Waals surface area contributed by atoms with Crippen molar-refractivity contribution in [1.29, 1.82) is 0 Å². The lowest BCUT2D eigenvalue weighted by Crippen LogP contribution is -2.38. The molecule has 2 aromatic carbocycles. The monoisotopic (exact) mass is 494 g/mol. The molecule has 0 unspecified atom stereocenters. The highest BCUT2D eigenvalue weighted by Gasteiger charge is 2.56. The van der Waals surface area contributed by atoms with Crippen molar-refractivity contribution in [2.75, 3.05) is 7.11 Å². The molecule has 4 aliphatic rings. The summed E-state index contributed by atoms with van der Waals surface area (Å²) in [7, 11) is 1.57. The molecule has 6 rings (SSSR count). The zero-order chi connectivity index (χ0) is 22.2. The van der Waals surface area contributed by atoms with Crippen molar-refractivity contribution in [2.24, 2.45) is 28.8 Å². The average Bonchev–Trinajstić information content (AvgIpc) is 3.10. The van der Waals surface area contributed by atoms with Gasteiger partial charge < -0.3 is 9.47 Å². The molecule has 3 aliphatic carbocycles. The van der Waals surface area contributed by atoms with Gasteiger partial charge in [0.05, 0.1) is 25.2 Å². The summed E-state index contributed by atoms with van der Waals surface area (Å²) in [5.41, 5.74) is 1.76. The van der Waals surface area contributed by atoms with Gasteiger partial charge in [-0.25, -0.2) is 0 Å². The van der Waals surface area contributed by atoms with E-state index in [1.807, 2.05) is 30.3 Å². The second kappa shape index (κ2) is 8.54. The Morgan fingerprint density at radius 1 is 1.00 bits per heavy atom. The van der Waals surface area contributed by atoms with Gasteiger partial charge in [0.2, 0.25) is 0 Å². The fraction of sp³-hybridized carbons (Fsp3) is 0.320. The minimum absolute atomic E-state index is 0.156. The highest BCUT2D eigenvalue weighted by atomic mass is 79.9. The fourth-order valence-electron chi connectivity index (χ4n) is 4.92. The van der Waals surface area contributed by atoms with Gasteiger partial charge in [0, 0.05) is 4.47 Å². The van der Waals surface area contributed by atoms with Crippen LogP contribution in [0.3, 0.4) is 0 Å². The maximum atomic E-state index is 12.9. The Morgan fingerprint density at radius 2 is 1.66 bits per heavy atom. The predicted molar refractivity (Wildman–Crippen MR) is 123 cm³/mol. The van der Waals surface area contributed by atoms with Crippen molar-refractivity contribution in [1.82, 2.24) is 5.01 Å². The van der Waals surface area contributed by atoms with Crippen molar-refractivity contribution in [3.05, 3.63) is 70.2 Å². The average molecular weight is 495 g/mol. The van der Waals surface area contributed by atoms with Crippen LogP contribution in [0.25, 0.3) is 0 Å². The number of carbonyl (C=O) groups is 2. The summed E-state index contributed by atoms with van der Waals surface area (Å²) in [4.78, 5) is 25.8. The summed E-state index contributed by atoms with van der Waals surface area (Å²) in [6.45, 7) is 0.410. The molecular weight excluding hydrogens is 472 g/mol. The summed E-state index contributed by atoms with van der Waals surface area (Å²) in [5, 5.41) is 5.33. The number of benzene rings is 2. The number of fused-ring (bicyclic) bond motifs is 1. The predicted octanol–water partition coefficient (Wildman–Crippen LogP) is 4.57. The van der Waals surface area contributed by atoms with Gasteiger partial charge in [-0.1, -0.05) is 40.2 Å². The lowest BCUT2D eigenvalue weighted by Gasteiger charge is -2.37. The van der Waals surface area contributed by atoms with Crippen LogP contribution in [0.5, 0.6) is 11.5 Å². The van der Waals surface area contributed by atoms with E-state index < -0.39 is 0 Å². The topological polar surface area (TPSA) is 68.2 Å². The number of ether oxygens (including phenoxy) is 2. The number of carbonyl (C=O) groups excluding carboxylic acids is 2. The Hall–Kier alpha value is -2.93. The molecule has 2 amide bonds. The molecule has 6 nitrogen and oxygen atoms in total. The first-order valence-electron chi connectivity index (χ1n) is 10.7. The molecule has 0 aromatic heterocycles. The SMILES string of the molecule is COc1cc(/C=N\N2C(=O)[C@@H]3[C@@H](C2=O)[C@H]2C=C[C@H]3CC2)ccc1OCc1ccc(Br)cc1. The van der Waals surface area contributed by atoms with Crippen LogP contribution < -0.4 is 9.47 Å². The molecule has 0 radical (unpaired) electrons. The van der Waals surface area contributed by atoms with Gasteiger partial charge in [-0.2, -0.15) is 10.1 Å². The summed E-state index contributed by atoms with van der Waals surface area (Å²) in [5.74, 6) is 0.594. The number of halogens is 1. The third-order valence-electron chi connectivity index (χ3n) is 6.55. The molecule has 1 heterocycles. The van der Waals surface area contributed by atoms with E-state index in [1.54, 1.807) is 19.2 Å². The van der Waals surface area contributed by atoms with E-state index >= 15 is 0 Å². The fourth-order valence-corrected chi connectivity index (χ4v) is 5.19. The minimum atomic E-state index is -0.257. The molecule has 164 valence electrons. The molecule has 7 heteroatoms. The molecule has 0 spiro atoms. The molecule has 32 heavy (non-hydrogen) atoms. The Morgan fingerprint density at radius 3 is 2.25 bits per heavy atom. The zero-order valence-electron chi connectivity index (χ0n) is 17.6. The van der Waals surface area contributed by atoms with Gasteiger partial charge in [0.25, 0.3) is 11.8 Å². The van der Waals surface area contributed by atoms with Crippen LogP contribution in [0.2, 0.25) is 0 Å². The minimum Gasteiger partial charge on any atom is -0.493 e. The number of amides is 2. The summed E-state index contributed by atoms with van der Waals surface area (Å²) in [6.07, 6.45) is 7.68.